The summed E-state index contributed by atoms with van der Waals surface area (Å²) in [5.41, 5.74) is 1.70. The fourth-order valence-corrected chi connectivity index (χ4v) is 3.03. The number of nitrogens with one attached hydrogen (secondary N) is 1. The lowest BCUT2D eigenvalue weighted by Crippen LogP contribution is -2.22. The lowest BCUT2D eigenvalue weighted by atomic mass is 10.2. The minimum atomic E-state index is -0.0479. The van der Waals surface area contributed by atoms with E-state index in [1.54, 1.807) is 11.3 Å². The molecule has 5 heteroatoms. The van der Waals surface area contributed by atoms with Crippen LogP contribution in [0, 0.1) is 0 Å². The number of hydrogen-bond acceptors (Lipinski definition) is 3. The van der Waals surface area contributed by atoms with E-state index in [-0.39, 0.29) is 5.91 Å². The normalized spacial score (nSPS) is 10.3. The van der Waals surface area contributed by atoms with Crippen LogP contribution >= 0.6 is 27.3 Å². The van der Waals surface area contributed by atoms with Crippen molar-refractivity contribution >= 4 is 38.9 Å². The number of carbonyl (C=O) groups excluding carboxylic acids is 1. The third-order valence-electron chi connectivity index (χ3n) is 2.67. The Balaban J connectivity index is 2.01. The van der Waals surface area contributed by atoms with E-state index in [0.717, 1.165) is 15.0 Å². The van der Waals surface area contributed by atoms with E-state index in [2.05, 4.69) is 21.2 Å². The van der Waals surface area contributed by atoms with Crippen LogP contribution in [0.5, 0.6) is 0 Å². The van der Waals surface area contributed by atoms with Crippen LogP contribution in [0.4, 0.5) is 5.69 Å². The molecule has 0 aliphatic rings. The summed E-state index contributed by atoms with van der Waals surface area (Å²) in [6.45, 7) is 0.557. The van der Waals surface area contributed by atoms with E-state index < -0.39 is 0 Å². The Morgan fingerprint density at radius 1 is 1.37 bits per heavy atom. The van der Waals surface area contributed by atoms with Crippen molar-refractivity contribution in [3.8, 4) is 0 Å². The predicted molar refractivity (Wildman–Crippen MR) is 84.0 cm³/mol. The number of amides is 1. The highest BCUT2D eigenvalue weighted by molar-refractivity contribution is 9.10. The number of rotatable bonds is 4. The summed E-state index contributed by atoms with van der Waals surface area (Å²) in [6.07, 6.45) is 0. The molecule has 2 rings (SSSR count). The van der Waals surface area contributed by atoms with Gasteiger partial charge in [0.05, 0.1) is 6.54 Å². The fourth-order valence-electron chi connectivity index (χ4n) is 1.64. The Kier molecular flexibility index (Phi) is 4.61. The molecule has 19 heavy (non-hydrogen) atoms. The molecule has 1 aromatic carbocycles. The number of thiophene rings is 1. The molecule has 1 amide bonds. The van der Waals surface area contributed by atoms with Crippen LogP contribution in [0.15, 0.2) is 40.2 Å². The first-order chi connectivity index (χ1) is 9.06. The maximum atomic E-state index is 12.1. The molecule has 100 valence electrons. The van der Waals surface area contributed by atoms with Crippen LogP contribution in [0.3, 0.4) is 0 Å². The largest absolute Gasteiger partial charge is 0.378 e. The van der Waals surface area contributed by atoms with E-state index >= 15 is 0 Å². The molecule has 0 unspecified atom stereocenters. The summed E-state index contributed by atoms with van der Waals surface area (Å²) in [7, 11) is 3.92. The van der Waals surface area contributed by atoms with Gasteiger partial charge in [0.2, 0.25) is 0 Å². The van der Waals surface area contributed by atoms with Gasteiger partial charge in [-0.05, 0) is 40.2 Å². The van der Waals surface area contributed by atoms with Crippen LogP contribution < -0.4 is 10.2 Å². The Morgan fingerprint density at radius 3 is 2.79 bits per heavy atom. The van der Waals surface area contributed by atoms with E-state index in [1.807, 2.05) is 54.7 Å². The van der Waals surface area contributed by atoms with Gasteiger partial charge in [0.15, 0.2) is 0 Å². The highest BCUT2D eigenvalue weighted by atomic mass is 79.9. The standard InChI is InChI=1S/C14H15BrN2OS/c1-17(2)12-5-3-4-10(6-12)14(18)16-8-13-7-11(15)9-19-13/h3-7,9H,8H2,1-2H3,(H,16,18). The summed E-state index contributed by atoms with van der Waals surface area (Å²) in [5, 5.41) is 4.93. The summed E-state index contributed by atoms with van der Waals surface area (Å²) >= 11 is 5.03. The molecule has 0 aliphatic heterocycles. The summed E-state index contributed by atoms with van der Waals surface area (Å²) in [6, 6.07) is 9.60. The number of carbonyl (C=O) groups is 1. The Morgan fingerprint density at radius 2 is 2.16 bits per heavy atom. The van der Waals surface area contributed by atoms with Crippen molar-refractivity contribution in [3.63, 3.8) is 0 Å². The minimum Gasteiger partial charge on any atom is -0.378 e. The van der Waals surface area contributed by atoms with Gasteiger partial charge in [-0.1, -0.05) is 6.07 Å². The monoisotopic (exact) mass is 338 g/mol. The second-order valence-electron chi connectivity index (χ2n) is 4.36. The third-order valence-corrected chi connectivity index (χ3v) is 4.37. The average molecular weight is 339 g/mol. The Bertz CT molecular complexity index is 580. The van der Waals surface area contributed by atoms with Gasteiger partial charge >= 0.3 is 0 Å². The molecule has 2 aromatic rings. The van der Waals surface area contributed by atoms with Crippen molar-refractivity contribution in [2.24, 2.45) is 0 Å². The van der Waals surface area contributed by atoms with Crippen molar-refractivity contribution in [2.45, 2.75) is 6.54 Å². The van der Waals surface area contributed by atoms with Gasteiger partial charge < -0.3 is 10.2 Å². The average Bonchev–Trinajstić information content (AvgIpc) is 2.82. The lowest BCUT2D eigenvalue weighted by molar-refractivity contribution is 0.0951. The Labute approximate surface area is 125 Å². The summed E-state index contributed by atoms with van der Waals surface area (Å²) in [5.74, 6) is -0.0479. The van der Waals surface area contributed by atoms with Crippen molar-refractivity contribution in [1.82, 2.24) is 5.32 Å². The lowest BCUT2D eigenvalue weighted by Gasteiger charge is -2.13. The van der Waals surface area contributed by atoms with Crippen molar-refractivity contribution in [2.75, 3.05) is 19.0 Å². The molecule has 0 aliphatic carbocycles. The van der Waals surface area contributed by atoms with Crippen molar-refractivity contribution < 1.29 is 4.79 Å². The highest BCUT2D eigenvalue weighted by Gasteiger charge is 2.07. The molecule has 1 heterocycles. The van der Waals surface area contributed by atoms with E-state index in [0.29, 0.717) is 12.1 Å². The van der Waals surface area contributed by atoms with Crippen LogP contribution in [-0.4, -0.2) is 20.0 Å². The molecule has 1 N–H and O–H groups in total. The first-order valence-corrected chi connectivity index (χ1v) is 7.52. The SMILES string of the molecule is CN(C)c1cccc(C(=O)NCc2cc(Br)cs2)c1. The van der Waals surface area contributed by atoms with Gasteiger partial charge in [-0.15, -0.1) is 11.3 Å². The molecular formula is C14H15BrN2OS. The quantitative estimate of drug-likeness (QED) is 0.925. The van der Waals surface area contributed by atoms with Gasteiger partial charge in [0.25, 0.3) is 5.91 Å². The number of benzene rings is 1. The van der Waals surface area contributed by atoms with Crippen molar-refractivity contribution in [3.05, 3.63) is 50.6 Å². The second-order valence-corrected chi connectivity index (χ2v) is 6.27. The molecular weight excluding hydrogens is 324 g/mol. The van der Waals surface area contributed by atoms with Gasteiger partial charge in [-0.3, -0.25) is 4.79 Å². The zero-order valence-corrected chi connectivity index (χ0v) is 13.2. The van der Waals surface area contributed by atoms with E-state index in [4.69, 9.17) is 0 Å². The topological polar surface area (TPSA) is 32.3 Å². The molecule has 0 saturated heterocycles. The molecule has 0 atom stereocenters. The molecule has 3 nitrogen and oxygen atoms in total. The minimum absolute atomic E-state index is 0.0479. The van der Waals surface area contributed by atoms with Gasteiger partial charge in [0.1, 0.15) is 0 Å². The zero-order chi connectivity index (χ0) is 13.8. The van der Waals surface area contributed by atoms with E-state index in [9.17, 15) is 4.79 Å². The molecule has 0 bridgehead atoms. The van der Waals surface area contributed by atoms with Crippen LogP contribution in [0.2, 0.25) is 0 Å². The summed E-state index contributed by atoms with van der Waals surface area (Å²) < 4.78 is 1.05. The van der Waals surface area contributed by atoms with Crippen LogP contribution in [0.1, 0.15) is 15.2 Å². The molecule has 1 aromatic heterocycles. The fraction of sp³-hybridized carbons (Fsp3) is 0.214. The first kappa shape index (κ1) is 14.1. The van der Waals surface area contributed by atoms with Gasteiger partial charge in [0, 0.05) is 40.1 Å². The van der Waals surface area contributed by atoms with Gasteiger partial charge in [-0.2, -0.15) is 0 Å². The van der Waals surface area contributed by atoms with E-state index in [1.165, 1.54) is 0 Å². The maximum absolute atomic E-state index is 12.1. The smallest absolute Gasteiger partial charge is 0.251 e. The molecule has 0 saturated carbocycles. The zero-order valence-electron chi connectivity index (χ0n) is 10.8. The third kappa shape index (κ3) is 3.81. The van der Waals surface area contributed by atoms with Crippen molar-refractivity contribution in [1.29, 1.82) is 0 Å². The van der Waals surface area contributed by atoms with Gasteiger partial charge in [-0.25, -0.2) is 0 Å². The number of anilines is 1. The second kappa shape index (κ2) is 6.21. The molecule has 0 fully saturated rings. The number of nitrogens with zero attached hydrogens (tertiary/aromatic N) is 1. The van der Waals surface area contributed by atoms with Crippen LogP contribution in [-0.2, 0) is 6.54 Å². The predicted octanol–water partition coefficient (Wildman–Crippen LogP) is 3.51. The first-order valence-electron chi connectivity index (χ1n) is 5.85. The summed E-state index contributed by atoms with van der Waals surface area (Å²) in [4.78, 5) is 15.2. The molecule has 0 spiro atoms. The highest BCUT2D eigenvalue weighted by Crippen LogP contribution is 2.19. The van der Waals surface area contributed by atoms with Crippen LogP contribution in [0.25, 0.3) is 0 Å². The maximum Gasteiger partial charge on any atom is 0.251 e. The number of hydrogen-bond donors (Lipinski definition) is 1. The number of halogens is 1. The Hall–Kier alpha value is -1.33. The molecule has 0 radical (unpaired) electrons.